The van der Waals surface area contributed by atoms with Crippen molar-refractivity contribution in [2.24, 2.45) is 4.99 Å². The first-order chi connectivity index (χ1) is 13.3. The minimum Gasteiger partial charge on any atom is -0.357 e. The summed E-state index contributed by atoms with van der Waals surface area (Å²) in [7, 11) is -2.98. The van der Waals surface area contributed by atoms with Crippen LogP contribution in [0, 0.1) is 6.92 Å². The lowest BCUT2D eigenvalue weighted by Gasteiger charge is -2.15. The molecular weight excluding hydrogens is 503 g/mol. The van der Waals surface area contributed by atoms with E-state index in [2.05, 4.69) is 59.1 Å². The number of aliphatic imine (C=N–C) groups is 1. The maximum atomic E-state index is 12.0. The maximum Gasteiger partial charge on any atom is 0.222 e. The number of benzene rings is 1. The van der Waals surface area contributed by atoms with Crippen molar-refractivity contribution in [3.63, 3.8) is 0 Å². The Morgan fingerprint density at radius 1 is 1.31 bits per heavy atom. The van der Waals surface area contributed by atoms with E-state index in [1.807, 2.05) is 6.92 Å². The van der Waals surface area contributed by atoms with Crippen molar-refractivity contribution in [2.45, 2.75) is 45.6 Å². The van der Waals surface area contributed by atoms with Gasteiger partial charge in [-0.15, -0.1) is 24.0 Å². The molecule has 1 saturated heterocycles. The van der Waals surface area contributed by atoms with Gasteiger partial charge in [0, 0.05) is 38.0 Å². The van der Waals surface area contributed by atoms with Gasteiger partial charge in [0.2, 0.25) is 5.91 Å². The molecule has 164 valence electrons. The van der Waals surface area contributed by atoms with E-state index in [-0.39, 0.29) is 53.9 Å². The van der Waals surface area contributed by atoms with Crippen LogP contribution in [0.5, 0.6) is 0 Å². The zero-order valence-electron chi connectivity index (χ0n) is 17.4. The number of amides is 1. The highest BCUT2D eigenvalue weighted by Crippen LogP contribution is 2.16. The number of guanidine groups is 1. The summed E-state index contributed by atoms with van der Waals surface area (Å²) in [5, 5.41) is 9.16. The molecule has 1 aliphatic heterocycles. The van der Waals surface area contributed by atoms with E-state index in [4.69, 9.17) is 0 Å². The number of carbonyl (C=O) groups is 1. The minimum absolute atomic E-state index is 0. The van der Waals surface area contributed by atoms with E-state index in [1.165, 1.54) is 11.1 Å². The molecule has 0 bridgehead atoms. The fraction of sp³-hybridized carbons (Fsp3) is 0.600. The van der Waals surface area contributed by atoms with Crippen LogP contribution in [-0.4, -0.2) is 57.5 Å². The number of aryl methyl sites for hydroxylation is 1. The average molecular weight is 536 g/mol. The first-order valence-corrected chi connectivity index (χ1v) is 11.7. The molecule has 2 unspecified atom stereocenters. The minimum atomic E-state index is -2.98. The molecule has 0 aliphatic carbocycles. The molecule has 1 aliphatic rings. The van der Waals surface area contributed by atoms with Gasteiger partial charge in [0.05, 0.1) is 11.5 Å². The van der Waals surface area contributed by atoms with Gasteiger partial charge < -0.3 is 16.0 Å². The van der Waals surface area contributed by atoms with E-state index in [0.717, 1.165) is 6.54 Å². The fourth-order valence-electron chi connectivity index (χ4n) is 3.16. The van der Waals surface area contributed by atoms with E-state index in [1.54, 1.807) is 0 Å². The Kier molecular flexibility index (Phi) is 10.9. The summed E-state index contributed by atoms with van der Waals surface area (Å²) in [4.78, 5) is 16.6. The summed E-state index contributed by atoms with van der Waals surface area (Å²) in [6, 6.07) is 8.17. The summed E-state index contributed by atoms with van der Waals surface area (Å²) in [6.45, 7) is 8.04. The van der Waals surface area contributed by atoms with Crippen molar-refractivity contribution in [1.82, 2.24) is 16.0 Å². The van der Waals surface area contributed by atoms with Crippen LogP contribution in [-0.2, 0) is 14.6 Å². The van der Waals surface area contributed by atoms with Gasteiger partial charge in [-0.1, -0.05) is 36.8 Å². The first-order valence-electron chi connectivity index (χ1n) is 9.87. The van der Waals surface area contributed by atoms with Crippen molar-refractivity contribution in [3.05, 3.63) is 35.4 Å². The number of carbonyl (C=O) groups excluding carboxylic acids is 1. The second-order valence-electron chi connectivity index (χ2n) is 7.38. The van der Waals surface area contributed by atoms with E-state index in [9.17, 15) is 13.2 Å². The third kappa shape index (κ3) is 9.33. The van der Waals surface area contributed by atoms with Crippen molar-refractivity contribution in [1.29, 1.82) is 0 Å². The lowest BCUT2D eigenvalue weighted by molar-refractivity contribution is -0.121. The topological polar surface area (TPSA) is 99.7 Å². The van der Waals surface area contributed by atoms with E-state index < -0.39 is 9.84 Å². The summed E-state index contributed by atoms with van der Waals surface area (Å²) in [6.07, 6.45) is 0.775. The van der Waals surface area contributed by atoms with Gasteiger partial charge in [0.25, 0.3) is 0 Å². The molecule has 0 saturated carbocycles. The molecule has 2 rings (SSSR count). The molecule has 0 aromatic heterocycles. The molecule has 0 radical (unpaired) electrons. The van der Waals surface area contributed by atoms with Crippen LogP contribution in [0.1, 0.15) is 43.7 Å². The van der Waals surface area contributed by atoms with Crippen LogP contribution in [0.2, 0.25) is 0 Å². The molecule has 29 heavy (non-hydrogen) atoms. The van der Waals surface area contributed by atoms with Gasteiger partial charge in [-0.2, -0.15) is 0 Å². The summed E-state index contributed by atoms with van der Waals surface area (Å²) < 4.78 is 22.9. The van der Waals surface area contributed by atoms with Crippen LogP contribution in [0.15, 0.2) is 29.3 Å². The first kappa shape index (κ1) is 25.7. The van der Waals surface area contributed by atoms with Gasteiger partial charge in [-0.25, -0.2) is 8.42 Å². The largest absolute Gasteiger partial charge is 0.357 e. The quantitative estimate of drug-likeness (QED) is 0.268. The zero-order chi connectivity index (χ0) is 20.6. The Hall–Kier alpha value is -1.36. The summed E-state index contributed by atoms with van der Waals surface area (Å²) >= 11 is 0. The number of nitrogens with zero attached hydrogens (tertiary/aromatic N) is 1. The third-order valence-electron chi connectivity index (χ3n) is 4.72. The Bertz CT molecular complexity index is 799. The molecule has 1 aromatic rings. The molecule has 0 spiro atoms. The second kappa shape index (κ2) is 12.4. The molecule has 7 nitrogen and oxygen atoms in total. The fourth-order valence-corrected chi connectivity index (χ4v) is 4.83. The number of hydrogen-bond acceptors (Lipinski definition) is 4. The second-order valence-corrected chi connectivity index (χ2v) is 9.61. The standard InChI is InChI=1S/C20H32N4O3S.HI/c1-4-21-20(23-13-16(3)17-7-5-6-15(2)12-17)22-10-8-19(25)24-18-9-11-28(26,27)14-18;/h5-7,12,16,18H,4,8-11,13-14H2,1-3H3,(H,24,25)(H2,21,22,23);1H. The lowest BCUT2D eigenvalue weighted by atomic mass is 10.00. The maximum absolute atomic E-state index is 12.0. The van der Waals surface area contributed by atoms with Gasteiger partial charge in [0.1, 0.15) is 0 Å². The third-order valence-corrected chi connectivity index (χ3v) is 6.49. The van der Waals surface area contributed by atoms with Gasteiger partial charge >= 0.3 is 0 Å². The van der Waals surface area contributed by atoms with Gasteiger partial charge in [-0.05, 0) is 25.8 Å². The molecule has 1 amide bonds. The van der Waals surface area contributed by atoms with E-state index in [0.29, 0.717) is 31.4 Å². The Labute approximate surface area is 191 Å². The Balaban J connectivity index is 0.00000420. The SMILES string of the molecule is CCNC(=NCC(C)c1cccc(C)c1)NCCC(=O)NC1CCS(=O)(=O)C1.I. The van der Waals surface area contributed by atoms with Crippen molar-refractivity contribution in [3.8, 4) is 0 Å². The Morgan fingerprint density at radius 3 is 2.69 bits per heavy atom. The predicted octanol–water partition coefficient (Wildman–Crippen LogP) is 1.97. The van der Waals surface area contributed by atoms with Gasteiger partial charge in [-0.3, -0.25) is 9.79 Å². The zero-order valence-corrected chi connectivity index (χ0v) is 20.5. The lowest BCUT2D eigenvalue weighted by Crippen LogP contribution is -2.41. The highest BCUT2D eigenvalue weighted by atomic mass is 127. The molecule has 1 aromatic carbocycles. The van der Waals surface area contributed by atoms with Crippen LogP contribution in [0.3, 0.4) is 0 Å². The monoisotopic (exact) mass is 536 g/mol. The molecule has 1 fully saturated rings. The Morgan fingerprint density at radius 2 is 2.07 bits per heavy atom. The van der Waals surface area contributed by atoms with Crippen LogP contribution >= 0.6 is 24.0 Å². The average Bonchev–Trinajstić information content (AvgIpc) is 2.97. The smallest absolute Gasteiger partial charge is 0.222 e. The normalized spacial score (nSPS) is 19.1. The number of hydrogen-bond donors (Lipinski definition) is 3. The van der Waals surface area contributed by atoms with Crippen LogP contribution in [0.4, 0.5) is 0 Å². The highest BCUT2D eigenvalue weighted by molar-refractivity contribution is 14.0. The molecule has 9 heteroatoms. The molecular formula is C20H33IN4O3S. The molecule has 1 heterocycles. The number of nitrogens with one attached hydrogen (secondary N) is 3. The predicted molar refractivity (Wildman–Crippen MR) is 129 cm³/mol. The van der Waals surface area contributed by atoms with E-state index >= 15 is 0 Å². The van der Waals surface area contributed by atoms with Gasteiger partial charge in [0.15, 0.2) is 15.8 Å². The van der Waals surface area contributed by atoms with Crippen molar-refractivity contribution in [2.75, 3.05) is 31.1 Å². The summed E-state index contributed by atoms with van der Waals surface area (Å²) in [5.74, 6) is 1.04. The molecule has 2 atom stereocenters. The van der Waals surface area contributed by atoms with Crippen LogP contribution < -0.4 is 16.0 Å². The highest BCUT2D eigenvalue weighted by Gasteiger charge is 2.28. The summed E-state index contributed by atoms with van der Waals surface area (Å²) in [5.41, 5.74) is 2.49. The number of sulfone groups is 1. The molecule has 3 N–H and O–H groups in total. The van der Waals surface area contributed by atoms with Crippen molar-refractivity contribution < 1.29 is 13.2 Å². The number of rotatable bonds is 8. The van der Waals surface area contributed by atoms with Crippen molar-refractivity contribution >= 4 is 45.7 Å². The van der Waals surface area contributed by atoms with Crippen LogP contribution in [0.25, 0.3) is 0 Å². The number of halogens is 1.